The van der Waals surface area contributed by atoms with Crippen LogP contribution in [-0.4, -0.2) is 30.1 Å². The molecule has 0 N–H and O–H groups in total. The Hall–Kier alpha value is -1.60. The SMILES string of the molecule is COc1ncccc1Cn1cc(S(=O)(=O)Cl)nc1C. The average molecular weight is 302 g/mol. The monoisotopic (exact) mass is 301 g/mol. The molecule has 0 saturated carbocycles. The van der Waals surface area contributed by atoms with E-state index in [-0.39, 0.29) is 5.03 Å². The van der Waals surface area contributed by atoms with Crippen LogP contribution in [0, 0.1) is 6.92 Å². The van der Waals surface area contributed by atoms with Gasteiger partial charge in [-0.15, -0.1) is 0 Å². The molecule has 102 valence electrons. The van der Waals surface area contributed by atoms with E-state index in [4.69, 9.17) is 15.4 Å². The number of aryl methyl sites for hydroxylation is 1. The molecule has 0 saturated heterocycles. The van der Waals surface area contributed by atoms with E-state index < -0.39 is 9.05 Å². The molecule has 0 bridgehead atoms. The second-order valence-electron chi connectivity index (χ2n) is 3.86. The smallest absolute Gasteiger partial charge is 0.280 e. The minimum absolute atomic E-state index is 0.158. The summed E-state index contributed by atoms with van der Waals surface area (Å²) < 4.78 is 29.3. The van der Waals surface area contributed by atoms with Crippen molar-refractivity contribution in [3.8, 4) is 5.88 Å². The largest absolute Gasteiger partial charge is 0.481 e. The minimum atomic E-state index is -3.82. The lowest BCUT2D eigenvalue weighted by atomic mass is 10.2. The summed E-state index contributed by atoms with van der Waals surface area (Å²) in [5.41, 5.74) is 0.823. The van der Waals surface area contributed by atoms with Gasteiger partial charge < -0.3 is 9.30 Å². The Labute approximate surface area is 115 Å². The molecular weight excluding hydrogens is 290 g/mol. The molecule has 0 spiro atoms. The lowest BCUT2D eigenvalue weighted by molar-refractivity contribution is 0.391. The second kappa shape index (κ2) is 5.18. The molecule has 0 fully saturated rings. The number of methoxy groups -OCH3 is 1. The molecule has 2 heterocycles. The van der Waals surface area contributed by atoms with E-state index in [1.54, 1.807) is 23.8 Å². The van der Waals surface area contributed by atoms with Crippen molar-refractivity contribution in [2.45, 2.75) is 18.5 Å². The summed E-state index contributed by atoms with van der Waals surface area (Å²) in [7, 11) is 2.97. The maximum atomic E-state index is 11.2. The van der Waals surface area contributed by atoms with Gasteiger partial charge in [0.2, 0.25) is 5.88 Å². The van der Waals surface area contributed by atoms with Crippen molar-refractivity contribution in [2.24, 2.45) is 0 Å². The summed E-state index contributed by atoms with van der Waals surface area (Å²) in [6.07, 6.45) is 3.02. The van der Waals surface area contributed by atoms with Gasteiger partial charge in [0.15, 0.2) is 5.03 Å². The highest BCUT2D eigenvalue weighted by Crippen LogP contribution is 2.19. The molecule has 0 aliphatic rings. The van der Waals surface area contributed by atoms with Crippen LogP contribution in [0.4, 0.5) is 0 Å². The molecule has 0 unspecified atom stereocenters. The fraction of sp³-hybridized carbons (Fsp3) is 0.273. The van der Waals surface area contributed by atoms with Gasteiger partial charge in [-0.2, -0.15) is 0 Å². The zero-order valence-corrected chi connectivity index (χ0v) is 11.9. The van der Waals surface area contributed by atoms with E-state index >= 15 is 0 Å². The maximum Gasteiger partial charge on any atom is 0.280 e. The number of hydrogen-bond donors (Lipinski definition) is 0. The van der Waals surface area contributed by atoms with Crippen molar-refractivity contribution in [3.63, 3.8) is 0 Å². The van der Waals surface area contributed by atoms with Crippen LogP contribution in [0.5, 0.6) is 5.88 Å². The molecule has 0 amide bonds. The number of aromatic nitrogens is 3. The van der Waals surface area contributed by atoms with Crippen molar-refractivity contribution < 1.29 is 13.2 Å². The number of rotatable bonds is 4. The first kappa shape index (κ1) is 13.8. The lowest BCUT2D eigenvalue weighted by Crippen LogP contribution is -2.03. The summed E-state index contributed by atoms with van der Waals surface area (Å²) in [5.74, 6) is 1.04. The molecule has 2 aromatic heterocycles. The van der Waals surface area contributed by atoms with Crippen molar-refractivity contribution in [2.75, 3.05) is 7.11 Å². The first-order chi connectivity index (χ1) is 8.91. The third-order valence-electron chi connectivity index (χ3n) is 2.59. The highest BCUT2D eigenvalue weighted by Gasteiger charge is 2.16. The average Bonchev–Trinajstić information content (AvgIpc) is 2.72. The van der Waals surface area contributed by atoms with Gasteiger partial charge in [-0.05, 0) is 13.0 Å². The highest BCUT2D eigenvalue weighted by atomic mass is 35.7. The van der Waals surface area contributed by atoms with Gasteiger partial charge in [-0.25, -0.2) is 18.4 Å². The van der Waals surface area contributed by atoms with Gasteiger partial charge in [0.25, 0.3) is 9.05 Å². The number of imidazole rings is 1. The third-order valence-corrected chi connectivity index (χ3v) is 3.76. The van der Waals surface area contributed by atoms with Crippen molar-refractivity contribution in [1.82, 2.24) is 14.5 Å². The molecule has 6 nitrogen and oxygen atoms in total. The Morgan fingerprint density at radius 3 is 2.79 bits per heavy atom. The fourth-order valence-corrected chi connectivity index (χ4v) is 2.39. The van der Waals surface area contributed by atoms with Gasteiger partial charge in [0.1, 0.15) is 5.82 Å². The van der Waals surface area contributed by atoms with Crippen LogP contribution in [-0.2, 0) is 15.6 Å². The van der Waals surface area contributed by atoms with E-state index in [9.17, 15) is 8.42 Å². The molecule has 0 aromatic carbocycles. The standard InChI is InChI=1S/C11H12ClN3O3S/c1-8-14-10(19(12,16)17)7-15(8)6-9-4-3-5-13-11(9)18-2/h3-5,7H,6H2,1-2H3. The molecule has 0 aliphatic heterocycles. The molecule has 19 heavy (non-hydrogen) atoms. The van der Waals surface area contributed by atoms with Crippen LogP contribution in [0.25, 0.3) is 0 Å². The predicted molar refractivity (Wildman–Crippen MR) is 69.9 cm³/mol. The molecule has 2 aromatic rings. The van der Waals surface area contributed by atoms with E-state index in [1.165, 1.54) is 13.3 Å². The Kier molecular flexibility index (Phi) is 3.77. The molecule has 0 radical (unpaired) electrons. The van der Waals surface area contributed by atoms with Crippen LogP contribution in [0.15, 0.2) is 29.6 Å². The first-order valence-corrected chi connectivity index (χ1v) is 7.69. The highest BCUT2D eigenvalue weighted by molar-refractivity contribution is 8.13. The van der Waals surface area contributed by atoms with Crippen molar-refractivity contribution in [3.05, 3.63) is 35.9 Å². The lowest BCUT2D eigenvalue weighted by Gasteiger charge is -2.08. The zero-order valence-electron chi connectivity index (χ0n) is 10.4. The number of hydrogen-bond acceptors (Lipinski definition) is 5. The van der Waals surface area contributed by atoms with Crippen LogP contribution >= 0.6 is 10.7 Å². The maximum absolute atomic E-state index is 11.2. The molecule has 0 atom stereocenters. The van der Waals surface area contributed by atoms with E-state index in [0.29, 0.717) is 18.2 Å². The summed E-state index contributed by atoms with van der Waals surface area (Å²) in [4.78, 5) is 7.99. The zero-order chi connectivity index (χ0) is 14.0. The Morgan fingerprint density at radius 1 is 1.47 bits per heavy atom. The fourth-order valence-electron chi connectivity index (χ4n) is 1.67. The number of ether oxygens (including phenoxy) is 1. The summed E-state index contributed by atoms with van der Waals surface area (Å²) in [6, 6.07) is 3.63. The summed E-state index contributed by atoms with van der Waals surface area (Å²) in [6.45, 7) is 2.11. The van der Waals surface area contributed by atoms with Gasteiger partial charge in [-0.1, -0.05) is 6.07 Å². The second-order valence-corrected chi connectivity index (χ2v) is 6.38. The predicted octanol–water partition coefficient (Wildman–Crippen LogP) is 1.57. The van der Waals surface area contributed by atoms with Crippen molar-refractivity contribution in [1.29, 1.82) is 0 Å². The van der Waals surface area contributed by atoms with Crippen LogP contribution in [0.2, 0.25) is 0 Å². The van der Waals surface area contributed by atoms with E-state index in [2.05, 4.69) is 9.97 Å². The summed E-state index contributed by atoms with van der Waals surface area (Å²) in [5, 5.41) is -0.158. The van der Waals surface area contributed by atoms with Crippen molar-refractivity contribution >= 4 is 19.7 Å². The van der Waals surface area contributed by atoms with Gasteiger partial charge >= 0.3 is 0 Å². The number of nitrogens with zero attached hydrogens (tertiary/aromatic N) is 3. The van der Waals surface area contributed by atoms with Crippen LogP contribution < -0.4 is 4.74 Å². The number of pyridine rings is 1. The van der Waals surface area contributed by atoms with Gasteiger partial charge in [0, 0.05) is 28.6 Å². The number of halogens is 1. The van der Waals surface area contributed by atoms with E-state index in [0.717, 1.165) is 5.56 Å². The van der Waals surface area contributed by atoms with Gasteiger partial charge in [0.05, 0.1) is 13.7 Å². The Balaban J connectivity index is 2.36. The Morgan fingerprint density at radius 2 is 2.21 bits per heavy atom. The molecule has 8 heteroatoms. The minimum Gasteiger partial charge on any atom is -0.481 e. The van der Waals surface area contributed by atoms with Gasteiger partial charge in [-0.3, -0.25) is 0 Å². The van der Waals surface area contributed by atoms with Crippen LogP contribution in [0.1, 0.15) is 11.4 Å². The quantitative estimate of drug-likeness (QED) is 0.801. The first-order valence-electron chi connectivity index (χ1n) is 5.38. The Bertz CT molecular complexity index is 697. The molecule has 0 aliphatic carbocycles. The third kappa shape index (κ3) is 3.05. The van der Waals surface area contributed by atoms with E-state index in [1.807, 2.05) is 6.07 Å². The summed E-state index contributed by atoms with van der Waals surface area (Å²) >= 11 is 0. The topological polar surface area (TPSA) is 74.1 Å². The van der Waals surface area contributed by atoms with Crippen LogP contribution in [0.3, 0.4) is 0 Å². The normalized spacial score (nSPS) is 11.5. The molecular formula is C11H12ClN3O3S. The molecule has 2 rings (SSSR count).